The van der Waals surface area contributed by atoms with Crippen LogP contribution in [0.3, 0.4) is 0 Å². The van der Waals surface area contributed by atoms with Crippen molar-refractivity contribution in [1.82, 2.24) is 0 Å². The maximum Gasteiger partial charge on any atom is 0.250 e. The normalized spacial score (nSPS) is 10.1. The minimum atomic E-state index is -0.277. The van der Waals surface area contributed by atoms with Crippen molar-refractivity contribution >= 4 is 23.2 Å². The second-order valence-electron chi connectivity index (χ2n) is 4.12. The van der Waals surface area contributed by atoms with Crippen molar-refractivity contribution in [3.63, 3.8) is 0 Å². The molecule has 0 saturated carbocycles. The number of rotatable bonds is 6. The molecule has 6 nitrogen and oxygen atoms in total. The van der Waals surface area contributed by atoms with Crippen molar-refractivity contribution in [3.05, 3.63) is 23.8 Å². The number of anilines is 2. The van der Waals surface area contributed by atoms with Crippen molar-refractivity contribution in [2.45, 2.75) is 13.3 Å². The second kappa shape index (κ2) is 7.50. The molecule has 1 aromatic carbocycles. The molecule has 0 aromatic heterocycles. The number of methoxy groups -OCH3 is 1. The standard InChI is InChI=1S/C13H19N3O3/c1-9-3-4-10(15-13(18)8-19-2)11(7-9)16-12(17)5-6-14/h3-4,7H,5-6,8,14H2,1-2H3,(H,15,18)(H,16,17). The molecule has 2 amide bonds. The molecule has 1 rings (SSSR count). The smallest absolute Gasteiger partial charge is 0.250 e. The summed E-state index contributed by atoms with van der Waals surface area (Å²) in [5.74, 6) is -0.462. The van der Waals surface area contributed by atoms with Crippen molar-refractivity contribution in [1.29, 1.82) is 0 Å². The van der Waals surface area contributed by atoms with Gasteiger partial charge in [0.25, 0.3) is 0 Å². The molecule has 0 atom stereocenters. The van der Waals surface area contributed by atoms with E-state index in [1.54, 1.807) is 12.1 Å². The van der Waals surface area contributed by atoms with Gasteiger partial charge in [0, 0.05) is 20.1 Å². The monoisotopic (exact) mass is 265 g/mol. The largest absolute Gasteiger partial charge is 0.375 e. The highest BCUT2D eigenvalue weighted by Gasteiger charge is 2.09. The highest BCUT2D eigenvalue weighted by atomic mass is 16.5. The quantitative estimate of drug-likeness (QED) is 0.711. The van der Waals surface area contributed by atoms with Crippen LogP contribution in [0, 0.1) is 6.92 Å². The maximum atomic E-state index is 11.6. The summed E-state index contributed by atoms with van der Waals surface area (Å²) >= 11 is 0. The van der Waals surface area contributed by atoms with E-state index in [0.29, 0.717) is 11.4 Å². The van der Waals surface area contributed by atoms with Gasteiger partial charge in [0.1, 0.15) is 6.61 Å². The fraction of sp³-hybridized carbons (Fsp3) is 0.385. The van der Waals surface area contributed by atoms with Crippen molar-refractivity contribution in [2.75, 3.05) is 30.9 Å². The summed E-state index contributed by atoms with van der Waals surface area (Å²) in [7, 11) is 1.44. The number of ether oxygens (including phenoxy) is 1. The summed E-state index contributed by atoms with van der Waals surface area (Å²) in [4.78, 5) is 23.1. The number of hydrogen-bond acceptors (Lipinski definition) is 4. The Morgan fingerprint density at radius 3 is 2.53 bits per heavy atom. The van der Waals surface area contributed by atoms with Crippen molar-refractivity contribution in [2.24, 2.45) is 5.73 Å². The Morgan fingerprint density at radius 1 is 1.21 bits per heavy atom. The summed E-state index contributed by atoms with van der Waals surface area (Å²) < 4.78 is 4.74. The lowest BCUT2D eigenvalue weighted by Crippen LogP contribution is -2.20. The molecular weight excluding hydrogens is 246 g/mol. The van der Waals surface area contributed by atoms with Gasteiger partial charge in [0.05, 0.1) is 11.4 Å². The van der Waals surface area contributed by atoms with Gasteiger partial charge in [-0.15, -0.1) is 0 Å². The lowest BCUT2D eigenvalue weighted by Gasteiger charge is -2.13. The van der Waals surface area contributed by atoms with Gasteiger partial charge in [0.15, 0.2) is 0 Å². The van der Waals surface area contributed by atoms with Crippen LogP contribution in [0.4, 0.5) is 11.4 Å². The van der Waals surface area contributed by atoms with Crippen LogP contribution in [0.2, 0.25) is 0 Å². The first-order valence-electron chi connectivity index (χ1n) is 5.96. The molecule has 0 aliphatic carbocycles. The van der Waals surface area contributed by atoms with Gasteiger partial charge in [-0.2, -0.15) is 0 Å². The van der Waals surface area contributed by atoms with Crippen LogP contribution in [-0.4, -0.2) is 32.1 Å². The average molecular weight is 265 g/mol. The van der Waals surface area contributed by atoms with Crippen LogP contribution in [0.5, 0.6) is 0 Å². The van der Waals surface area contributed by atoms with E-state index in [1.165, 1.54) is 7.11 Å². The number of carbonyl (C=O) groups is 2. The van der Waals surface area contributed by atoms with Gasteiger partial charge in [0.2, 0.25) is 11.8 Å². The molecule has 0 aliphatic rings. The van der Waals surface area contributed by atoms with E-state index in [4.69, 9.17) is 10.5 Å². The lowest BCUT2D eigenvalue weighted by atomic mass is 10.2. The molecule has 19 heavy (non-hydrogen) atoms. The first-order valence-corrected chi connectivity index (χ1v) is 5.96. The zero-order valence-corrected chi connectivity index (χ0v) is 11.2. The molecule has 4 N–H and O–H groups in total. The van der Waals surface area contributed by atoms with Gasteiger partial charge in [-0.3, -0.25) is 9.59 Å². The molecule has 0 heterocycles. The summed E-state index contributed by atoms with van der Waals surface area (Å²) in [5, 5.41) is 5.40. The molecule has 104 valence electrons. The van der Waals surface area contributed by atoms with E-state index in [9.17, 15) is 9.59 Å². The molecule has 0 saturated heterocycles. The topological polar surface area (TPSA) is 93.5 Å². The Balaban J connectivity index is 2.85. The molecule has 0 spiro atoms. The molecule has 0 radical (unpaired) electrons. The maximum absolute atomic E-state index is 11.6. The van der Waals surface area contributed by atoms with Crippen LogP contribution in [0.15, 0.2) is 18.2 Å². The van der Waals surface area contributed by atoms with E-state index >= 15 is 0 Å². The van der Waals surface area contributed by atoms with E-state index in [-0.39, 0.29) is 31.4 Å². The predicted molar refractivity (Wildman–Crippen MR) is 74.0 cm³/mol. The number of amides is 2. The highest BCUT2D eigenvalue weighted by molar-refractivity contribution is 6.00. The molecular formula is C13H19N3O3. The summed E-state index contributed by atoms with van der Waals surface area (Å²) in [6.07, 6.45) is 0.236. The predicted octanol–water partition coefficient (Wildman–Crippen LogP) is 0.867. The number of carbonyl (C=O) groups excluding carboxylic acids is 2. The fourth-order valence-electron chi connectivity index (χ4n) is 1.53. The third-order valence-corrected chi connectivity index (χ3v) is 2.37. The number of aryl methyl sites for hydroxylation is 1. The molecule has 0 unspecified atom stereocenters. The highest BCUT2D eigenvalue weighted by Crippen LogP contribution is 2.23. The van der Waals surface area contributed by atoms with Crippen LogP contribution in [-0.2, 0) is 14.3 Å². The summed E-state index contributed by atoms with van der Waals surface area (Å²) in [5.41, 5.74) is 7.40. The zero-order valence-electron chi connectivity index (χ0n) is 11.2. The minimum Gasteiger partial charge on any atom is -0.375 e. The van der Waals surface area contributed by atoms with Gasteiger partial charge in [-0.1, -0.05) is 6.07 Å². The lowest BCUT2D eigenvalue weighted by molar-refractivity contribution is -0.119. The van der Waals surface area contributed by atoms with Crippen LogP contribution >= 0.6 is 0 Å². The first-order chi connectivity index (χ1) is 9.06. The van der Waals surface area contributed by atoms with Gasteiger partial charge < -0.3 is 21.1 Å². The third-order valence-electron chi connectivity index (χ3n) is 2.37. The first kappa shape index (κ1) is 15.1. The number of nitrogens with one attached hydrogen (secondary N) is 2. The fourth-order valence-corrected chi connectivity index (χ4v) is 1.53. The Morgan fingerprint density at radius 2 is 1.89 bits per heavy atom. The van der Waals surface area contributed by atoms with Crippen LogP contribution < -0.4 is 16.4 Å². The van der Waals surface area contributed by atoms with Gasteiger partial charge in [-0.25, -0.2) is 0 Å². The summed E-state index contributed by atoms with van der Waals surface area (Å²) in [6.45, 7) is 2.15. The SMILES string of the molecule is COCC(=O)Nc1ccc(C)cc1NC(=O)CCN. The Bertz CT molecular complexity index is 460. The summed E-state index contributed by atoms with van der Waals surface area (Å²) in [6, 6.07) is 5.37. The average Bonchev–Trinajstić information content (AvgIpc) is 2.33. The third kappa shape index (κ3) is 5.07. The van der Waals surface area contributed by atoms with Crippen LogP contribution in [0.1, 0.15) is 12.0 Å². The molecule has 6 heteroatoms. The number of hydrogen-bond donors (Lipinski definition) is 3. The van der Waals surface area contributed by atoms with E-state index in [1.807, 2.05) is 13.0 Å². The molecule has 0 fully saturated rings. The number of benzene rings is 1. The van der Waals surface area contributed by atoms with Crippen LogP contribution in [0.25, 0.3) is 0 Å². The zero-order chi connectivity index (χ0) is 14.3. The van der Waals surface area contributed by atoms with Crippen molar-refractivity contribution < 1.29 is 14.3 Å². The van der Waals surface area contributed by atoms with Gasteiger partial charge in [-0.05, 0) is 24.6 Å². The number of nitrogens with two attached hydrogens (primary N) is 1. The minimum absolute atomic E-state index is 0.0376. The molecule has 0 bridgehead atoms. The van der Waals surface area contributed by atoms with E-state index in [0.717, 1.165) is 5.56 Å². The van der Waals surface area contributed by atoms with E-state index in [2.05, 4.69) is 10.6 Å². The second-order valence-corrected chi connectivity index (χ2v) is 4.12. The van der Waals surface area contributed by atoms with Gasteiger partial charge >= 0.3 is 0 Å². The van der Waals surface area contributed by atoms with Crippen molar-refractivity contribution in [3.8, 4) is 0 Å². The molecule has 0 aliphatic heterocycles. The Labute approximate surface area is 112 Å². The molecule has 1 aromatic rings. The Hall–Kier alpha value is -1.92. The van der Waals surface area contributed by atoms with E-state index < -0.39 is 0 Å². The Kier molecular flexibility index (Phi) is 5.98.